The molecule has 3 aromatic carbocycles. The van der Waals surface area contributed by atoms with Crippen LogP contribution in [0.2, 0.25) is 0 Å². The molecule has 0 bridgehead atoms. The van der Waals surface area contributed by atoms with Crippen molar-refractivity contribution in [3.63, 3.8) is 0 Å². The van der Waals surface area contributed by atoms with E-state index in [9.17, 15) is 57.6 Å². The summed E-state index contributed by atoms with van der Waals surface area (Å²) in [5, 5.41) is 39.3. The number of benzene rings is 3. The molecular weight excluding hydrogens is 1120 g/mol. The number of carbonyl (C=O) groups is 3. The van der Waals surface area contributed by atoms with Crippen LogP contribution < -0.4 is 40.8 Å². The number of aromatic amines is 1. The number of hydrogen-bond acceptors (Lipinski definition) is 20. The first kappa shape index (κ1) is 62.9. The van der Waals surface area contributed by atoms with Crippen molar-refractivity contribution in [2.45, 2.75) is 0 Å². The second-order valence-electron chi connectivity index (χ2n) is 14.2. The zero-order valence-electron chi connectivity index (χ0n) is 39.5. The number of aromatic nitrogens is 11. The zero-order chi connectivity index (χ0) is 55.5. The predicted molar refractivity (Wildman–Crippen MR) is 252 cm³/mol. The number of aliphatic imine (C=N–C) groups is 1. The fourth-order valence-corrected chi connectivity index (χ4v) is 7.67. The monoisotopic (exact) mass is 1150 g/mol. The van der Waals surface area contributed by atoms with Gasteiger partial charge in [0.1, 0.15) is 40.0 Å². The third kappa shape index (κ3) is 14.7. The molecule has 0 aliphatic carbocycles. The molecule has 5 N–H and O–H groups in total. The van der Waals surface area contributed by atoms with Crippen LogP contribution in [0.1, 0.15) is 37.0 Å². The van der Waals surface area contributed by atoms with Gasteiger partial charge in [0, 0.05) is 35.3 Å². The van der Waals surface area contributed by atoms with Crippen molar-refractivity contribution < 1.29 is 102 Å². The number of tetrazole rings is 2. The maximum atomic E-state index is 14.1. The number of amidine groups is 1. The average molecular weight is 1150 g/mol. The van der Waals surface area contributed by atoms with E-state index in [1.807, 2.05) is 0 Å². The third-order valence-corrected chi connectivity index (χ3v) is 11.4. The number of hydrogen-bond donors (Lipinski definition) is 4. The number of carbonyl (C=O) groups excluding carboxylic acids is 2. The first-order valence-corrected chi connectivity index (χ1v) is 23.5. The van der Waals surface area contributed by atoms with Crippen molar-refractivity contribution in [1.29, 1.82) is 0 Å². The molecule has 0 aliphatic rings. The van der Waals surface area contributed by atoms with Gasteiger partial charge in [0.25, 0.3) is 0 Å². The standard InChI is InChI=1S/C14H11F2N5O4S.C14H14F2N4O4S.C12H7F2N5O2.ClH.HNO2.Na/c1-25-14(22)11-6-8(7-20(11)26(2,23)24)13-17-18-19-21(13)10-5-3-4-9(15)12(10)16;1-24-14(21)11-6-8(7-20(11)25(2,22)23)13(19-17)18-10-5-3-4-9(15)12(10)16;13-7-2-1-3-9(10(7)14)19-11(16-17-18-19)6-4-8(12(20)21)15-5-6;;2-1-3;/h3-7H,1-2H3;3-7H,17H2,1-2H3,(H,18,19);1-5,15H,(H,20,21);1H;(H,2,3);/q;;;;;+1/p-1. The fourth-order valence-electron chi connectivity index (χ4n) is 6.09. The molecule has 5 heterocycles. The Labute approximate surface area is 456 Å². The number of hydrazine groups is 1. The Morgan fingerprint density at radius 3 is 1.60 bits per heavy atom. The van der Waals surface area contributed by atoms with Gasteiger partial charge >= 0.3 is 47.5 Å². The van der Waals surface area contributed by atoms with Crippen LogP contribution in [0, 0.1) is 45.0 Å². The second kappa shape index (κ2) is 26.9. The molecule has 27 nitrogen and oxygen atoms in total. The molecule has 0 fully saturated rings. The van der Waals surface area contributed by atoms with E-state index in [2.05, 4.69) is 55.9 Å². The Bertz CT molecular complexity index is 3710. The number of H-pyrrole nitrogens is 1. The Balaban J connectivity index is 0.000000294. The van der Waals surface area contributed by atoms with Gasteiger partial charge in [-0.25, -0.2) is 76.3 Å². The van der Waals surface area contributed by atoms with E-state index in [4.69, 9.17) is 21.1 Å². The maximum absolute atomic E-state index is 14.1. The van der Waals surface area contributed by atoms with E-state index in [1.54, 1.807) is 0 Å². The molecular formula is C40H33ClF6N15NaO12S2. The minimum absolute atomic E-state index is 0. The Morgan fingerprint density at radius 1 is 0.714 bits per heavy atom. The topological polar surface area (TPSA) is 374 Å². The molecule has 0 amide bonds. The number of carboxylic acids is 1. The number of nitrogens with two attached hydrogens (primary N) is 1. The van der Waals surface area contributed by atoms with Gasteiger partial charge in [-0.15, -0.1) is 27.9 Å². The molecule has 0 spiro atoms. The van der Waals surface area contributed by atoms with Crippen molar-refractivity contribution in [3.05, 3.63) is 159 Å². The van der Waals surface area contributed by atoms with Gasteiger partial charge in [-0.2, -0.15) is 9.36 Å². The predicted octanol–water partition coefficient (Wildman–Crippen LogP) is 1.22. The summed E-state index contributed by atoms with van der Waals surface area (Å²) in [6.07, 6.45) is 5.27. The minimum atomic E-state index is -3.85. The van der Waals surface area contributed by atoms with Gasteiger partial charge < -0.3 is 35.1 Å². The summed E-state index contributed by atoms with van der Waals surface area (Å²) in [4.78, 5) is 48.8. The number of ether oxygens (including phenoxy) is 2. The summed E-state index contributed by atoms with van der Waals surface area (Å²) in [6, 6.07) is 14.0. The molecule has 37 heteroatoms. The molecule has 0 unspecified atom stereocenters. The summed E-state index contributed by atoms with van der Waals surface area (Å²) in [6.45, 7) is 0. The smallest absolute Gasteiger partial charge is 0.477 e. The number of nitrogens with one attached hydrogen (secondary N) is 2. The minimum Gasteiger partial charge on any atom is -0.477 e. The third-order valence-electron chi connectivity index (χ3n) is 9.34. The molecule has 0 atom stereocenters. The van der Waals surface area contributed by atoms with Crippen molar-refractivity contribution in [3.8, 4) is 34.2 Å². The van der Waals surface area contributed by atoms with Crippen molar-refractivity contribution in [1.82, 2.24) is 58.8 Å². The second-order valence-corrected chi connectivity index (χ2v) is 17.9. The summed E-state index contributed by atoms with van der Waals surface area (Å²) in [5.74, 6) is -4.55. The quantitative estimate of drug-likeness (QED) is 0.0207. The summed E-state index contributed by atoms with van der Waals surface area (Å²) < 4.78 is 141. The number of nitrogens with zero attached hydrogens (tertiary/aromatic N) is 12. The fraction of sp³-hybridized carbons (Fsp3) is 0.100. The van der Waals surface area contributed by atoms with Gasteiger partial charge in [0.15, 0.2) is 46.6 Å². The molecule has 0 saturated heterocycles. The van der Waals surface area contributed by atoms with E-state index >= 15 is 0 Å². The molecule has 0 saturated carbocycles. The van der Waals surface area contributed by atoms with Crippen LogP contribution in [-0.2, 0) is 29.5 Å². The van der Waals surface area contributed by atoms with Crippen molar-refractivity contribution >= 4 is 61.9 Å². The van der Waals surface area contributed by atoms with Crippen LogP contribution in [0.5, 0.6) is 0 Å². The van der Waals surface area contributed by atoms with Crippen molar-refractivity contribution in [2.75, 3.05) is 26.7 Å². The molecule has 8 rings (SSSR count). The molecule has 402 valence electrons. The molecule has 0 radical (unpaired) electrons. The van der Waals surface area contributed by atoms with Gasteiger partial charge in [-0.05, 0) is 75.5 Å². The normalized spacial score (nSPS) is 10.9. The molecule has 8 aromatic rings. The maximum Gasteiger partial charge on any atom is 1.00 e. The number of carboxylic acid groups (broad SMARTS) is 1. The largest absolute Gasteiger partial charge is 1.00 e. The van der Waals surface area contributed by atoms with E-state index in [0.717, 1.165) is 78.1 Å². The number of methoxy groups -OCH3 is 2. The molecule has 77 heavy (non-hydrogen) atoms. The van der Waals surface area contributed by atoms with Crippen LogP contribution in [0.15, 0.2) is 102 Å². The van der Waals surface area contributed by atoms with Gasteiger partial charge in [0.2, 0.25) is 20.0 Å². The van der Waals surface area contributed by atoms with Gasteiger partial charge in [0.05, 0.1) is 26.7 Å². The van der Waals surface area contributed by atoms with E-state index in [1.165, 1.54) is 54.7 Å². The molecule has 5 aromatic heterocycles. The van der Waals surface area contributed by atoms with E-state index in [0.29, 0.717) is 13.5 Å². The van der Waals surface area contributed by atoms with Gasteiger partial charge in [-0.3, -0.25) is 0 Å². The SMILES string of the molecule is COC(=O)c1cc(-c2nnnn2-c2cccc(F)c2F)cn1S(C)(=O)=O.COC(=O)c1cc(C(=Nc2cccc(F)c2F)NN)cn1S(C)(=O)=O.Cl.O=C(O)c1cc(-c2nnnn2-c2cccc(F)c2F)c[nH]1.O=N[O-].[Na+]. The Morgan fingerprint density at radius 2 is 1.16 bits per heavy atom. The van der Waals surface area contributed by atoms with Crippen LogP contribution in [0.25, 0.3) is 34.2 Å². The van der Waals surface area contributed by atoms with Crippen LogP contribution in [0.3, 0.4) is 0 Å². The Hall–Kier alpha value is -8.35. The first-order valence-electron chi connectivity index (χ1n) is 19.8. The van der Waals surface area contributed by atoms with E-state index in [-0.39, 0.29) is 105 Å². The number of esters is 2. The summed E-state index contributed by atoms with van der Waals surface area (Å²) in [7, 11) is -5.51. The Kier molecular flexibility index (Phi) is 22.0. The molecule has 0 aliphatic heterocycles. The van der Waals surface area contributed by atoms with Crippen LogP contribution >= 0.6 is 12.4 Å². The van der Waals surface area contributed by atoms with Crippen molar-refractivity contribution in [2.24, 2.45) is 16.2 Å². The van der Waals surface area contributed by atoms with Gasteiger partial charge in [-0.1, -0.05) is 18.2 Å². The van der Waals surface area contributed by atoms with Crippen LogP contribution in [-0.4, -0.2) is 126 Å². The average Bonchev–Trinajstić information content (AvgIpc) is 4.23. The number of halogens is 7. The number of rotatable bonds is 11. The van der Waals surface area contributed by atoms with Crippen LogP contribution in [0.4, 0.5) is 32.0 Å². The first-order chi connectivity index (χ1) is 35.4. The summed E-state index contributed by atoms with van der Waals surface area (Å²) in [5.41, 5.74) is 1.16. The summed E-state index contributed by atoms with van der Waals surface area (Å²) >= 11 is 0. The number of aromatic carboxylic acids is 1. The zero-order valence-corrected chi connectivity index (χ0v) is 44.0. The van der Waals surface area contributed by atoms with E-state index < -0.39 is 72.9 Å².